The number of aryl methyl sites for hydroxylation is 2. The van der Waals surface area contributed by atoms with Crippen molar-refractivity contribution in [3.8, 4) is 0 Å². The Bertz CT molecular complexity index is 489. The van der Waals surface area contributed by atoms with Crippen LogP contribution in [-0.2, 0) is 6.42 Å². The van der Waals surface area contributed by atoms with Crippen LogP contribution >= 0.6 is 0 Å². The van der Waals surface area contributed by atoms with Crippen molar-refractivity contribution in [1.29, 1.82) is 0 Å². The molecule has 22 heavy (non-hydrogen) atoms. The predicted molar refractivity (Wildman–Crippen MR) is 93.6 cm³/mol. The molecule has 1 atom stereocenters. The van der Waals surface area contributed by atoms with Crippen molar-refractivity contribution < 1.29 is 4.39 Å². The molecule has 0 saturated carbocycles. The molecule has 0 fully saturated rings. The Kier molecular flexibility index (Phi) is 7.05. The van der Waals surface area contributed by atoms with E-state index in [-0.39, 0.29) is 6.54 Å². The zero-order valence-electron chi connectivity index (χ0n) is 14.8. The largest absolute Gasteiger partial charge is 0.381 e. The highest BCUT2D eigenvalue weighted by Gasteiger charge is 2.15. The fourth-order valence-electron chi connectivity index (χ4n) is 2.47. The van der Waals surface area contributed by atoms with Gasteiger partial charge in [-0.2, -0.15) is 0 Å². The van der Waals surface area contributed by atoms with Crippen molar-refractivity contribution in [1.82, 2.24) is 10.3 Å². The number of pyridine rings is 1. The fourth-order valence-corrected chi connectivity index (χ4v) is 2.47. The summed E-state index contributed by atoms with van der Waals surface area (Å²) >= 11 is 0. The first-order valence-electron chi connectivity index (χ1n) is 8.31. The van der Waals surface area contributed by atoms with Gasteiger partial charge in [0.2, 0.25) is 0 Å². The molecule has 0 aliphatic heterocycles. The van der Waals surface area contributed by atoms with Crippen LogP contribution in [-0.4, -0.2) is 17.2 Å². The minimum absolute atomic E-state index is 0.239. The van der Waals surface area contributed by atoms with Crippen LogP contribution in [0.4, 0.5) is 4.39 Å². The molecular weight excluding hydrogens is 275 g/mol. The van der Waals surface area contributed by atoms with E-state index in [1.165, 1.54) is 24.8 Å². The summed E-state index contributed by atoms with van der Waals surface area (Å²) in [6, 6.07) is 4.11. The van der Waals surface area contributed by atoms with Gasteiger partial charge in [-0.05, 0) is 51.2 Å². The van der Waals surface area contributed by atoms with Gasteiger partial charge in [-0.25, -0.2) is 4.39 Å². The molecule has 1 aromatic rings. The van der Waals surface area contributed by atoms with Crippen molar-refractivity contribution in [2.24, 2.45) is 5.92 Å². The Morgan fingerprint density at radius 2 is 2.05 bits per heavy atom. The average Bonchev–Trinajstić information content (AvgIpc) is 2.43. The number of aromatic nitrogens is 1. The van der Waals surface area contributed by atoms with Crippen molar-refractivity contribution in [2.45, 2.75) is 66.0 Å². The highest BCUT2D eigenvalue weighted by atomic mass is 19.1. The smallest absolute Gasteiger partial charge is 0.122 e. The van der Waals surface area contributed by atoms with E-state index >= 15 is 0 Å². The summed E-state index contributed by atoms with van der Waals surface area (Å²) in [5, 5.41) is 3.02. The van der Waals surface area contributed by atoms with Crippen LogP contribution in [0.5, 0.6) is 0 Å². The maximum Gasteiger partial charge on any atom is 0.122 e. The lowest BCUT2D eigenvalue weighted by molar-refractivity contribution is 0.219. The highest BCUT2D eigenvalue weighted by molar-refractivity contribution is 5.58. The van der Waals surface area contributed by atoms with Gasteiger partial charge < -0.3 is 5.32 Å². The van der Waals surface area contributed by atoms with Gasteiger partial charge in [0.05, 0.1) is 11.4 Å². The highest BCUT2D eigenvalue weighted by Crippen LogP contribution is 2.18. The second-order valence-electron chi connectivity index (χ2n) is 6.92. The monoisotopic (exact) mass is 306 g/mol. The van der Waals surface area contributed by atoms with Crippen LogP contribution in [0.2, 0.25) is 0 Å². The van der Waals surface area contributed by atoms with Gasteiger partial charge in [-0.3, -0.25) is 4.98 Å². The second-order valence-corrected chi connectivity index (χ2v) is 6.92. The van der Waals surface area contributed by atoms with Gasteiger partial charge in [0.15, 0.2) is 0 Å². The lowest BCUT2D eigenvalue weighted by Gasteiger charge is -2.18. The minimum atomic E-state index is -1.26. The Morgan fingerprint density at radius 3 is 2.59 bits per heavy atom. The number of hydrogen-bond acceptors (Lipinski definition) is 2. The van der Waals surface area contributed by atoms with E-state index in [1.807, 2.05) is 13.0 Å². The average molecular weight is 306 g/mol. The van der Waals surface area contributed by atoms with Crippen LogP contribution < -0.4 is 5.32 Å². The maximum absolute atomic E-state index is 13.5. The summed E-state index contributed by atoms with van der Waals surface area (Å²) in [7, 11) is 0. The lowest BCUT2D eigenvalue weighted by Crippen LogP contribution is -2.29. The molecule has 2 nitrogen and oxygen atoms in total. The summed E-state index contributed by atoms with van der Waals surface area (Å²) in [5.41, 5.74) is 2.56. The van der Waals surface area contributed by atoms with Gasteiger partial charge in [-0.1, -0.05) is 39.3 Å². The molecule has 0 aliphatic carbocycles. The zero-order valence-corrected chi connectivity index (χ0v) is 14.8. The molecule has 1 N–H and O–H groups in total. The Hall–Kier alpha value is -1.38. The first-order valence-corrected chi connectivity index (χ1v) is 8.31. The molecule has 0 spiro atoms. The van der Waals surface area contributed by atoms with Crippen LogP contribution in [0.25, 0.3) is 5.70 Å². The fraction of sp³-hybridized carbons (Fsp3) is 0.632. The van der Waals surface area contributed by atoms with Gasteiger partial charge in [0.25, 0.3) is 0 Å². The molecule has 0 saturated heterocycles. The molecule has 0 bridgehead atoms. The molecule has 1 aromatic heterocycles. The van der Waals surface area contributed by atoms with Crippen molar-refractivity contribution in [2.75, 3.05) is 6.54 Å². The Balaban J connectivity index is 2.63. The van der Waals surface area contributed by atoms with Crippen LogP contribution in [0, 0.1) is 12.8 Å². The van der Waals surface area contributed by atoms with Gasteiger partial charge in [0.1, 0.15) is 5.67 Å². The van der Waals surface area contributed by atoms with Crippen molar-refractivity contribution in [3.63, 3.8) is 0 Å². The normalized spacial score (nSPS) is 13.0. The van der Waals surface area contributed by atoms with Crippen LogP contribution in [0.1, 0.15) is 63.9 Å². The third kappa shape index (κ3) is 6.59. The third-order valence-corrected chi connectivity index (χ3v) is 3.91. The molecular formula is C19H31FN2. The topological polar surface area (TPSA) is 24.9 Å². The van der Waals surface area contributed by atoms with E-state index < -0.39 is 5.67 Å². The van der Waals surface area contributed by atoms with Crippen molar-refractivity contribution >= 4 is 5.70 Å². The summed E-state index contributed by atoms with van der Waals surface area (Å²) in [6.07, 6.45) is 4.79. The number of rotatable bonds is 9. The summed E-state index contributed by atoms with van der Waals surface area (Å²) < 4.78 is 13.5. The SMILES string of the molecule is C=C(NCC(C)(C)F)c1ccc(CCC(C)CCC)c(C)n1. The molecule has 0 aromatic carbocycles. The lowest BCUT2D eigenvalue weighted by atomic mass is 9.96. The molecule has 1 unspecified atom stereocenters. The van der Waals surface area contributed by atoms with E-state index in [0.29, 0.717) is 5.70 Å². The number of hydrogen-bond donors (Lipinski definition) is 1. The molecule has 0 amide bonds. The molecule has 124 valence electrons. The molecule has 0 radical (unpaired) electrons. The third-order valence-electron chi connectivity index (χ3n) is 3.91. The quantitative estimate of drug-likeness (QED) is 0.689. The van der Waals surface area contributed by atoms with E-state index in [9.17, 15) is 4.39 Å². The molecule has 1 rings (SSSR count). The first-order chi connectivity index (χ1) is 10.2. The van der Waals surface area contributed by atoms with E-state index in [0.717, 1.165) is 23.7 Å². The second kappa shape index (κ2) is 8.30. The first kappa shape index (κ1) is 18.7. The molecule has 3 heteroatoms. The minimum Gasteiger partial charge on any atom is -0.381 e. The van der Waals surface area contributed by atoms with E-state index in [4.69, 9.17) is 0 Å². The van der Waals surface area contributed by atoms with E-state index in [1.54, 1.807) is 13.8 Å². The number of nitrogens with one attached hydrogen (secondary N) is 1. The summed E-state index contributed by atoms with van der Waals surface area (Å²) in [4.78, 5) is 4.61. The molecule has 0 aliphatic rings. The number of alkyl halides is 1. The predicted octanol–water partition coefficient (Wildman–Crippen LogP) is 5.07. The number of nitrogens with zero attached hydrogens (tertiary/aromatic N) is 1. The van der Waals surface area contributed by atoms with Crippen LogP contribution in [0.15, 0.2) is 18.7 Å². The van der Waals surface area contributed by atoms with Gasteiger partial charge in [-0.15, -0.1) is 0 Å². The standard InChI is InChI=1S/C19H31FN2/c1-7-8-14(2)9-10-17-11-12-18(22-15(17)3)16(4)21-13-19(5,6)20/h11-12,14,21H,4,7-10,13H2,1-3,5-6H3. The molecule has 1 heterocycles. The maximum atomic E-state index is 13.5. The van der Waals surface area contributed by atoms with E-state index in [2.05, 4.69) is 36.8 Å². The Labute approximate surface area is 135 Å². The Morgan fingerprint density at radius 1 is 1.36 bits per heavy atom. The number of halogens is 1. The van der Waals surface area contributed by atoms with Crippen molar-refractivity contribution in [3.05, 3.63) is 35.7 Å². The van der Waals surface area contributed by atoms with Gasteiger partial charge in [0, 0.05) is 12.2 Å². The summed E-state index contributed by atoms with van der Waals surface area (Å²) in [6.45, 7) is 13.9. The van der Waals surface area contributed by atoms with Gasteiger partial charge >= 0.3 is 0 Å². The zero-order chi connectivity index (χ0) is 16.8. The van der Waals surface area contributed by atoms with Crippen LogP contribution in [0.3, 0.4) is 0 Å². The summed E-state index contributed by atoms with van der Waals surface area (Å²) in [5.74, 6) is 0.757.